The van der Waals surface area contributed by atoms with Gasteiger partial charge in [0, 0.05) is 30.3 Å². The van der Waals surface area contributed by atoms with Gasteiger partial charge in [-0.1, -0.05) is 37.3 Å². The van der Waals surface area contributed by atoms with Crippen LogP contribution in [-0.2, 0) is 0 Å². The summed E-state index contributed by atoms with van der Waals surface area (Å²) in [7, 11) is -1.76. The molecule has 2 aromatic rings. The Balaban J connectivity index is 1.51. The van der Waals surface area contributed by atoms with Gasteiger partial charge in [-0.2, -0.15) is 0 Å². The molecule has 0 bridgehead atoms. The minimum Gasteiger partial charge on any atom is -0.495 e. The van der Waals surface area contributed by atoms with E-state index in [9.17, 15) is 13.9 Å². The SMILES string of the molecule is COc1ccc(C(=O)c2ccccc2)cc1S(O)(O)N1CCC(N2CCC(C)CC2)CC1. The number of piperidine rings is 2. The maximum Gasteiger partial charge on any atom is 0.193 e. The number of carbonyl (C=O) groups excluding carboxylic acids is 1. The van der Waals surface area contributed by atoms with Crippen molar-refractivity contribution in [3.05, 3.63) is 59.7 Å². The Morgan fingerprint density at radius 3 is 2.22 bits per heavy atom. The van der Waals surface area contributed by atoms with Gasteiger partial charge < -0.3 is 9.64 Å². The molecule has 0 saturated carbocycles. The molecule has 0 amide bonds. The van der Waals surface area contributed by atoms with Gasteiger partial charge in [0.25, 0.3) is 0 Å². The van der Waals surface area contributed by atoms with Gasteiger partial charge in [-0.05, 0) is 62.9 Å². The largest absolute Gasteiger partial charge is 0.495 e. The maximum absolute atomic E-state index is 12.9. The van der Waals surface area contributed by atoms with E-state index in [1.54, 1.807) is 34.6 Å². The molecule has 174 valence electrons. The van der Waals surface area contributed by atoms with E-state index in [0.29, 0.717) is 36.0 Å². The fourth-order valence-electron chi connectivity index (χ4n) is 4.78. The summed E-state index contributed by atoms with van der Waals surface area (Å²) < 4.78 is 29.8. The Bertz CT molecular complexity index is 921. The van der Waals surface area contributed by atoms with Crippen molar-refractivity contribution in [2.45, 2.75) is 43.5 Å². The van der Waals surface area contributed by atoms with Gasteiger partial charge in [-0.15, -0.1) is 10.8 Å². The third-order valence-corrected chi connectivity index (χ3v) is 8.87. The highest BCUT2D eigenvalue weighted by atomic mass is 32.3. The highest BCUT2D eigenvalue weighted by molar-refractivity contribution is 8.22. The smallest absolute Gasteiger partial charge is 0.193 e. The van der Waals surface area contributed by atoms with Crippen LogP contribution in [0.1, 0.15) is 48.5 Å². The molecular formula is C25H34N2O4S. The van der Waals surface area contributed by atoms with Crippen LogP contribution in [0.5, 0.6) is 5.75 Å². The number of rotatable bonds is 6. The van der Waals surface area contributed by atoms with Gasteiger partial charge in [-0.25, -0.2) is 4.31 Å². The van der Waals surface area contributed by atoms with Crippen molar-refractivity contribution in [2.24, 2.45) is 5.92 Å². The number of hydrogen-bond acceptors (Lipinski definition) is 6. The van der Waals surface area contributed by atoms with Crippen LogP contribution in [0, 0.1) is 5.92 Å². The minimum atomic E-state index is -3.27. The lowest BCUT2D eigenvalue weighted by Gasteiger charge is -2.48. The van der Waals surface area contributed by atoms with Gasteiger partial charge in [0.2, 0.25) is 0 Å². The van der Waals surface area contributed by atoms with E-state index in [1.807, 2.05) is 18.2 Å². The predicted octanol–water partition coefficient (Wildman–Crippen LogP) is 5.15. The monoisotopic (exact) mass is 458 g/mol. The summed E-state index contributed by atoms with van der Waals surface area (Å²) in [5.41, 5.74) is 0.987. The summed E-state index contributed by atoms with van der Waals surface area (Å²) in [5.74, 6) is 1.04. The number of ketones is 1. The van der Waals surface area contributed by atoms with Gasteiger partial charge >= 0.3 is 0 Å². The number of nitrogens with zero attached hydrogens (tertiary/aromatic N) is 2. The van der Waals surface area contributed by atoms with Crippen molar-refractivity contribution in [1.29, 1.82) is 0 Å². The zero-order valence-electron chi connectivity index (χ0n) is 18.9. The fourth-order valence-corrected chi connectivity index (χ4v) is 6.49. The standard InChI is InChI=1S/C25H34N2O4S/c1-19-10-14-26(15-11-19)22-12-16-27(17-13-22)32(29,30)24-18-21(8-9-23(24)31-2)25(28)20-6-4-3-5-7-20/h3-9,18-19,22,29-30H,10-17H2,1-2H3. The summed E-state index contributed by atoms with van der Waals surface area (Å²) in [6, 6.07) is 14.4. The quantitative estimate of drug-likeness (QED) is 0.584. The van der Waals surface area contributed by atoms with Crippen molar-refractivity contribution in [2.75, 3.05) is 33.3 Å². The molecule has 2 aromatic carbocycles. The van der Waals surface area contributed by atoms with Crippen LogP contribution in [0.15, 0.2) is 53.4 Å². The molecule has 6 nitrogen and oxygen atoms in total. The van der Waals surface area contributed by atoms with Gasteiger partial charge in [0.15, 0.2) is 5.78 Å². The molecule has 7 heteroatoms. The lowest BCUT2D eigenvalue weighted by Crippen LogP contribution is -2.47. The minimum absolute atomic E-state index is 0.150. The number of likely N-dealkylation sites (tertiary alicyclic amines) is 1. The second-order valence-electron chi connectivity index (χ2n) is 8.96. The third-order valence-electron chi connectivity index (χ3n) is 6.87. The van der Waals surface area contributed by atoms with E-state index < -0.39 is 10.8 Å². The van der Waals surface area contributed by atoms with Crippen molar-refractivity contribution in [3.8, 4) is 5.75 Å². The lowest BCUT2D eigenvalue weighted by molar-refractivity contribution is 0.0984. The number of hydrogen-bond donors (Lipinski definition) is 2. The Hall–Kier alpha value is -1.90. The second kappa shape index (κ2) is 9.93. The number of benzene rings is 2. The van der Waals surface area contributed by atoms with Crippen molar-refractivity contribution in [3.63, 3.8) is 0 Å². The Labute approximate surface area is 192 Å². The average Bonchev–Trinajstić information content (AvgIpc) is 2.84. The number of carbonyl (C=O) groups is 1. The van der Waals surface area contributed by atoms with Crippen LogP contribution >= 0.6 is 10.8 Å². The molecule has 2 saturated heterocycles. The predicted molar refractivity (Wildman–Crippen MR) is 129 cm³/mol. The van der Waals surface area contributed by atoms with Gasteiger partial charge in [-0.3, -0.25) is 13.9 Å². The summed E-state index contributed by atoms with van der Waals surface area (Å²) in [6.45, 7) is 5.82. The molecular weight excluding hydrogens is 424 g/mol. The molecule has 4 rings (SSSR count). The van der Waals surface area contributed by atoms with E-state index in [0.717, 1.165) is 31.8 Å². The molecule has 2 fully saturated rings. The Morgan fingerprint density at radius 2 is 1.59 bits per heavy atom. The molecule has 2 aliphatic heterocycles. The van der Waals surface area contributed by atoms with Crippen molar-refractivity contribution >= 4 is 16.6 Å². The van der Waals surface area contributed by atoms with E-state index in [1.165, 1.54) is 20.0 Å². The van der Waals surface area contributed by atoms with Crippen LogP contribution in [0.25, 0.3) is 0 Å². The molecule has 0 atom stereocenters. The lowest BCUT2D eigenvalue weighted by atomic mass is 9.95. The number of ether oxygens (including phenoxy) is 1. The fraction of sp³-hybridized carbons (Fsp3) is 0.480. The zero-order valence-corrected chi connectivity index (χ0v) is 19.8. The highest BCUT2D eigenvalue weighted by Gasteiger charge is 2.34. The molecule has 0 aliphatic carbocycles. The molecule has 0 spiro atoms. The van der Waals surface area contributed by atoms with Crippen LogP contribution in [0.2, 0.25) is 0 Å². The first-order chi connectivity index (χ1) is 15.4. The second-order valence-corrected chi connectivity index (χ2v) is 11.0. The van der Waals surface area contributed by atoms with Crippen LogP contribution in [-0.4, -0.2) is 63.4 Å². The third kappa shape index (κ3) is 4.87. The van der Waals surface area contributed by atoms with Crippen LogP contribution in [0.4, 0.5) is 0 Å². The van der Waals surface area contributed by atoms with E-state index in [2.05, 4.69) is 11.8 Å². The Kier molecular flexibility index (Phi) is 7.22. The van der Waals surface area contributed by atoms with E-state index in [4.69, 9.17) is 4.74 Å². The molecule has 32 heavy (non-hydrogen) atoms. The summed E-state index contributed by atoms with van der Waals surface area (Å²) >= 11 is 0. The summed E-state index contributed by atoms with van der Waals surface area (Å²) in [4.78, 5) is 15.8. The summed E-state index contributed by atoms with van der Waals surface area (Å²) in [5, 5.41) is 0. The molecule has 2 heterocycles. The first-order valence-electron chi connectivity index (χ1n) is 11.5. The highest BCUT2D eigenvalue weighted by Crippen LogP contribution is 2.56. The maximum atomic E-state index is 12.9. The average molecular weight is 459 g/mol. The van der Waals surface area contributed by atoms with Crippen LogP contribution < -0.4 is 4.74 Å². The van der Waals surface area contributed by atoms with Gasteiger partial charge in [0.1, 0.15) is 10.6 Å². The Morgan fingerprint density at radius 1 is 0.938 bits per heavy atom. The van der Waals surface area contributed by atoms with E-state index >= 15 is 0 Å². The van der Waals surface area contributed by atoms with Crippen molar-refractivity contribution < 1.29 is 18.6 Å². The normalized spacial score (nSPS) is 20.2. The molecule has 2 aliphatic rings. The molecule has 2 N–H and O–H groups in total. The first-order valence-corrected chi connectivity index (χ1v) is 13.0. The number of methoxy groups -OCH3 is 1. The zero-order chi connectivity index (χ0) is 22.7. The summed E-state index contributed by atoms with van der Waals surface area (Å²) in [6.07, 6.45) is 4.31. The molecule has 0 aromatic heterocycles. The molecule has 0 unspecified atom stereocenters. The van der Waals surface area contributed by atoms with Gasteiger partial charge in [0.05, 0.1) is 7.11 Å². The topological polar surface area (TPSA) is 73.2 Å². The molecule has 0 radical (unpaired) electrons. The van der Waals surface area contributed by atoms with E-state index in [-0.39, 0.29) is 10.7 Å². The van der Waals surface area contributed by atoms with Crippen LogP contribution in [0.3, 0.4) is 0 Å². The first kappa shape index (κ1) is 23.3. The van der Waals surface area contributed by atoms with Crippen molar-refractivity contribution in [1.82, 2.24) is 9.21 Å².